The number of rotatable bonds is 5. The van der Waals surface area contributed by atoms with E-state index in [0.29, 0.717) is 6.42 Å². The Bertz CT molecular complexity index is 733. The van der Waals surface area contributed by atoms with E-state index in [4.69, 9.17) is 0 Å². The molecule has 2 aliphatic rings. The van der Waals surface area contributed by atoms with Gasteiger partial charge in [-0.05, 0) is 30.5 Å². The summed E-state index contributed by atoms with van der Waals surface area (Å²) in [6.45, 7) is 4.32. The van der Waals surface area contributed by atoms with Crippen molar-refractivity contribution in [3.63, 3.8) is 0 Å². The molecule has 0 radical (unpaired) electrons. The summed E-state index contributed by atoms with van der Waals surface area (Å²) in [6, 6.07) is 14.6. The fourth-order valence-electron chi connectivity index (χ4n) is 4.22. The molecule has 1 aliphatic carbocycles. The average Bonchev–Trinajstić information content (AvgIpc) is 3.24. The Kier molecular flexibility index (Phi) is 5.68. The van der Waals surface area contributed by atoms with Crippen molar-refractivity contribution in [2.45, 2.75) is 38.1 Å². The van der Waals surface area contributed by atoms with Crippen LogP contribution in [0.15, 0.2) is 48.7 Å². The maximum Gasteiger partial charge on any atom is 0.228 e. The summed E-state index contributed by atoms with van der Waals surface area (Å²) in [6.07, 6.45) is 7.67. The Morgan fingerprint density at radius 1 is 1.00 bits per heavy atom. The van der Waals surface area contributed by atoms with Crippen molar-refractivity contribution in [2.24, 2.45) is 0 Å². The van der Waals surface area contributed by atoms with Gasteiger partial charge < -0.3 is 10.2 Å². The maximum atomic E-state index is 12.2. The van der Waals surface area contributed by atoms with Gasteiger partial charge in [0.05, 0.1) is 18.3 Å². The summed E-state index contributed by atoms with van der Waals surface area (Å²) >= 11 is 0. The Hall–Kier alpha value is -2.40. The molecule has 0 spiro atoms. The number of piperazine rings is 1. The Labute approximate surface area is 161 Å². The average molecular weight is 364 g/mol. The second-order valence-corrected chi connectivity index (χ2v) is 7.58. The molecule has 27 heavy (non-hydrogen) atoms. The van der Waals surface area contributed by atoms with E-state index >= 15 is 0 Å². The van der Waals surface area contributed by atoms with Crippen LogP contribution < -0.4 is 10.2 Å². The van der Waals surface area contributed by atoms with Crippen LogP contribution in [0.2, 0.25) is 0 Å². The third kappa shape index (κ3) is 4.66. The quantitative estimate of drug-likeness (QED) is 0.884. The van der Waals surface area contributed by atoms with Crippen molar-refractivity contribution in [3.05, 3.63) is 54.2 Å². The molecule has 1 saturated heterocycles. The summed E-state index contributed by atoms with van der Waals surface area (Å²) in [4.78, 5) is 21.8. The highest BCUT2D eigenvalue weighted by Crippen LogP contribution is 2.25. The second-order valence-electron chi connectivity index (χ2n) is 7.58. The number of nitrogens with one attached hydrogen (secondary N) is 1. The first-order valence-corrected chi connectivity index (χ1v) is 10.1. The molecule has 142 valence electrons. The minimum Gasteiger partial charge on any atom is -0.354 e. The van der Waals surface area contributed by atoms with Crippen LogP contribution in [-0.4, -0.2) is 48.0 Å². The van der Waals surface area contributed by atoms with Gasteiger partial charge in [0.1, 0.15) is 5.82 Å². The topological polar surface area (TPSA) is 48.5 Å². The number of aromatic nitrogens is 1. The molecule has 4 rings (SSSR count). The molecule has 2 heterocycles. The number of nitrogens with zero attached hydrogens (tertiary/aromatic N) is 3. The minimum atomic E-state index is -0.0130. The minimum absolute atomic E-state index is 0.0130. The summed E-state index contributed by atoms with van der Waals surface area (Å²) < 4.78 is 0. The van der Waals surface area contributed by atoms with E-state index < -0.39 is 0 Å². The molecule has 0 unspecified atom stereocenters. The van der Waals surface area contributed by atoms with E-state index in [9.17, 15) is 4.79 Å². The Morgan fingerprint density at radius 3 is 2.41 bits per heavy atom. The van der Waals surface area contributed by atoms with Gasteiger partial charge in [-0.15, -0.1) is 0 Å². The lowest BCUT2D eigenvalue weighted by Crippen LogP contribution is -2.49. The highest BCUT2D eigenvalue weighted by molar-refractivity contribution is 5.92. The van der Waals surface area contributed by atoms with Gasteiger partial charge in [0, 0.05) is 32.2 Å². The molecule has 1 aromatic carbocycles. The molecule has 1 aromatic heterocycles. The van der Waals surface area contributed by atoms with Gasteiger partial charge in [-0.25, -0.2) is 4.98 Å². The number of amides is 1. The third-order valence-corrected chi connectivity index (χ3v) is 5.72. The van der Waals surface area contributed by atoms with E-state index in [1.165, 1.54) is 25.7 Å². The van der Waals surface area contributed by atoms with Crippen LogP contribution >= 0.6 is 0 Å². The van der Waals surface area contributed by atoms with Crippen LogP contribution in [0.25, 0.3) is 0 Å². The van der Waals surface area contributed by atoms with Gasteiger partial charge in [0.25, 0.3) is 0 Å². The molecular formula is C22H28N4O. The van der Waals surface area contributed by atoms with Gasteiger partial charge in [-0.2, -0.15) is 0 Å². The number of carbonyl (C=O) groups is 1. The van der Waals surface area contributed by atoms with Crippen LogP contribution in [0, 0.1) is 0 Å². The molecule has 1 aliphatic heterocycles. The lowest BCUT2D eigenvalue weighted by atomic mass is 10.1. The lowest BCUT2D eigenvalue weighted by Gasteiger charge is -2.38. The van der Waals surface area contributed by atoms with Crippen LogP contribution in [0.5, 0.6) is 0 Å². The maximum absolute atomic E-state index is 12.2. The van der Waals surface area contributed by atoms with Gasteiger partial charge in [-0.3, -0.25) is 9.69 Å². The van der Waals surface area contributed by atoms with Crippen LogP contribution in [0.1, 0.15) is 31.2 Å². The fraction of sp³-hybridized carbons (Fsp3) is 0.455. The van der Waals surface area contributed by atoms with E-state index in [-0.39, 0.29) is 5.91 Å². The molecule has 2 fully saturated rings. The Morgan fingerprint density at radius 2 is 1.74 bits per heavy atom. The standard InChI is InChI=1S/C22H28N4O/c27-22(16-18-6-2-1-3-7-18)24-19-10-11-21(23-17-19)26-14-12-25(13-15-26)20-8-4-5-9-20/h1-3,6-7,10-11,17,20H,4-5,8-9,12-16H2,(H,24,27). The van der Waals surface area contributed by atoms with Crippen molar-refractivity contribution in [1.29, 1.82) is 0 Å². The van der Waals surface area contributed by atoms with Gasteiger partial charge in [-0.1, -0.05) is 43.2 Å². The Balaban J connectivity index is 1.28. The predicted molar refractivity (Wildman–Crippen MR) is 109 cm³/mol. The van der Waals surface area contributed by atoms with E-state index in [1.807, 2.05) is 42.5 Å². The summed E-state index contributed by atoms with van der Waals surface area (Å²) in [5.74, 6) is 0.989. The van der Waals surface area contributed by atoms with Crippen molar-refractivity contribution in [1.82, 2.24) is 9.88 Å². The lowest BCUT2D eigenvalue weighted by molar-refractivity contribution is -0.115. The number of benzene rings is 1. The van der Waals surface area contributed by atoms with E-state index in [2.05, 4.69) is 20.1 Å². The molecular weight excluding hydrogens is 336 g/mol. The predicted octanol–water partition coefficient (Wildman–Crippen LogP) is 3.33. The monoisotopic (exact) mass is 364 g/mol. The van der Waals surface area contributed by atoms with Gasteiger partial charge in [0.2, 0.25) is 5.91 Å². The third-order valence-electron chi connectivity index (χ3n) is 5.72. The zero-order chi connectivity index (χ0) is 18.5. The van der Waals surface area contributed by atoms with E-state index in [0.717, 1.165) is 49.3 Å². The molecule has 1 saturated carbocycles. The van der Waals surface area contributed by atoms with Crippen LogP contribution in [0.3, 0.4) is 0 Å². The first kappa shape index (κ1) is 18.0. The van der Waals surface area contributed by atoms with Crippen molar-refractivity contribution < 1.29 is 4.79 Å². The fourth-order valence-corrected chi connectivity index (χ4v) is 4.22. The SMILES string of the molecule is O=C(Cc1ccccc1)Nc1ccc(N2CCN(C3CCCC3)CC2)nc1. The van der Waals surface area contributed by atoms with Crippen molar-refractivity contribution >= 4 is 17.4 Å². The second kappa shape index (κ2) is 8.53. The van der Waals surface area contributed by atoms with Gasteiger partial charge >= 0.3 is 0 Å². The zero-order valence-corrected chi connectivity index (χ0v) is 15.8. The van der Waals surface area contributed by atoms with Crippen molar-refractivity contribution in [3.8, 4) is 0 Å². The van der Waals surface area contributed by atoms with E-state index in [1.54, 1.807) is 6.20 Å². The van der Waals surface area contributed by atoms with Crippen LogP contribution in [-0.2, 0) is 11.2 Å². The molecule has 5 nitrogen and oxygen atoms in total. The van der Waals surface area contributed by atoms with Crippen molar-refractivity contribution in [2.75, 3.05) is 36.4 Å². The number of hydrogen-bond acceptors (Lipinski definition) is 4. The smallest absolute Gasteiger partial charge is 0.228 e. The number of carbonyl (C=O) groups excluding carboxylic acids is 1. The zero-order valence-electron chi connectivity index (χ0n) is 15.8. The molecule has 1 N–H and O–H groups in total. The highest BCUT2D eigenvalue weighted by Gasteiger charge is 2.26. The normalized spacial score (nSPS) is 18.6. The molecule has 0 bridgehead atoms. The number of hydrogen-bond donors (Lipinski definition) is 1. The summed E-state index contributed by atoms with van der Waals surface area (Å²) in [5, 5.41) is 2.94. The van der Waals surface area contributed by atoms with Gasteiger partial charge in [0.15, 0.2) is 0 Å². The molecule has 2 aromatic rings. The molecule has 1 amide bonds. The first-order chi connectivity index (χ1) is 13.3. The highest BCUT2D eigenvalue weighted by atomic mass is 16.1. The largest absolute Gasteiger partial charge is 0.354 e. The van der Waals surface area contributed by atoms with Crippen LogP contribution in [0.4, 0.5) is 11.5 Å². The number of pyridine rings is 1. The summed E-state index contributed by atoms with van der Waals surface area (Å²) in [5.41, 5.74) is 1.77. The molecule has 0 atom stereocenters. The molecule has 5 heteroatoms. The summed E-state index contributed by atoms with van der Waals surface area (Å²) in [7, 11) is 0. The number of anilines is 2. The first-order valence-electron chi connectivity index (χ1n) is 10.1.